The summed E-state index contributed by atoms with van der Waals surface area (Å²) < 4.78 is 5.91. The number of aromatic hydroxyl groups is 1. The highest BCUT2D eigenvalue weighted by Crippen LogP contribution is 2.49. The molecule has 1 atom stereocenters. The van der Waals surface area contributed by atoms with E-state index in [0.717, 1.165) is 49.3 Å². The van der Waals surface area contributed by atoms with E-state index in [1.165, 1.54) is 16.7 Å². The fourth-order valence-corrected chi connectivity index (χ4v) is 4.00. The molecule has 120 valence electrons. The summed E-state index contributed by atoms with van der Waals surface area (Å²) in [6.45, 7) is 3.92. The van der Waals surface area contributed by atoms with Crippen molar-refractivity contribution in [3.63, 3.8) is 0 Å². The normalized spacial score (nSPS) is 19.1. The standard InChI is InChI=1S/C20H23NO2/c1-3-9-23-15-10-14-7-8-21(2)17-11-13-5-4-6-18(22)20(13)16(12-15)19(14)17/h4-6,10,12,17,22H,3,7-9,11H2,1-2H3/t17-/m1/s1. The van der Waals surface area contributed by atoms with Crippen LogP contribution < -0.4 is 4.74 Å². The number of fused-ring (bicyclic) bond motifs is 2. The van der Waals surface area contributed by atoms with Crippen molar-refractivity contribution in [3.05, 3.63) is 47.0 Å². The van der Waals surface area contributed by atoms with Gasteiger partial charge in [-0.15, -0.1) is 0 Å². The Labute approximate surface area is 137 Å². The Kier molecular flexibility index (Phi) is 3.53. The van der Waals surface area contributed by atoms with E-state index in [4.69, 9.17) is 4.74 Å². The van der Waals surface area contributed by atoms with E-state index in [1.54, 1.807) is 6.07 Å². The molecule has 23 heavy (non-hydrogen) atoms. The van der Waals surface area contributed by atoms with E-state index < -0.39 is 0 Å². The molecule has 0 saturated heterocycles. The molecule has 0 fully saturated rings. The van der Waals surface area contributed by atoms with Crippen molar-refractivity contribution in [2.24, 2.45) is 0 Å². The third-order valence-electron chi connectivity index (χ3n) is 5.12. The summed E-state index contributed by atoms with van der Waals surface area (Å²) in [6, 6.07) is 10.6. The van der Waals surface area contributed by atoms with Crippen LogP contribution in [0, 0.1) is 0 Å². The first-order chi connectivity index (χ1) is 11.2. The SMILES string of the molecule is CCCOc1cc2c3c(c1)-c1c(O)cccc1C[C@H]3N(C)CC2. The summed E-state index contributed by atoms with van der Waals surface area (Å²) in [5, 5.41) is 10.4. The average molecular weight is 309 g/mol. The second-order valence-corrected chi connectivity index (χ2v) is 6.65. The molecule has 0 amide bonds. The number of benzene rings is 2. The summed E-state index contributed by atoms with van der Waals surface area (Å²) in [5.74, 6) is 1.31. The van der Waals surface area contributed by atoms with Gasteiger partial charge in [-0.25, -0.2) is 0 Å². The Morgan fingerprint density at radius 3 is 2.96 bits per heavy atom. The molecule has 2 aromatic carbocycles. The topological polar surface area (TPSA) is 32.7 Å². The number of phenols is 1. The van der Waals surface area contributed by atoms with Crippen LogP contribution >= 0.6 is 0 Å². The van der Waals surface area contributed by atoms with Gasteiger partial charge in [0.1, 0.15) is 11.5 Å². The highest BCUT2D eigenvalue weighted by Gasteiger charge is 2.34. The summed E-state index contributed by atoms with van der Waals surface area (Å²) in [5.41, 5.74) is 6.15. The lowest BCUT2D eigenvalue weighted by atomic mass is 9.77. The van der Waals surface area contributed by atoms with Gasteiger partial charge in [0, 0.05) is 18.2 Å². The molecule has 0 aromatic heterocycles. The van der Waals surface area contributed by atoms with Gasteiger partial charge in [-0.3, -0.25) is 4.90 Å². The maximum absolute atomic E-state index is 10.4. The van der Waals surface area contributed by atoms with E-state index in [-0.39, 0.29) is 0 Å². The maximum Gasteiger partial charge on any atom is 0.123 e. The van der Waals surface area contributed by atoms with Crippen LogP contribution in [0.15, 0.2) is 30.3 Å². The zero-order chi connectivity index (χ0) is 16.0. The minimum atomic E-state index is 0.379. The second kappa shape index (κ2) is 5.57. The molecule has 2 aromatic rings. The number of phenolic OH excluding ortho intramolecular Hbond substituents is 1. The Bertz CT molecular complexity index is 754. The van der Waals surface area contributed by atoms with E-state index >= 15 is 0 Å². The third-order valence-corrected chi connectivity index (χ3v) is 5.12. The van der Waals surface area contributed by atoms with E-state index in [9.17, 15) is 5.11 Å². The molecule has 3 nitrogen and oxygen atoms in total. The highest BCUT2D eigenvalue weighted by atomic mass is 16.5. The smallest absolute Gasteiger partial charge is 0.123 e. The number of hydrogen-bond donors (Lipinski definition) is 1. The molecular formula is C20H23NO2. The fraction of sp³-hybridized carbons (Fsp3) is 0.400. The summed E-state index contributed by atoms with van der Waals surface area (Å²) in [6.07, 6.45) is 3.01. The lowest BCUT2D eigenvalue weighted by Gasteiger charge is -2.40. The largest absolute Gasteiger partial charge is 0.507 e. The van der Waals surface area contributed by atoms with Crippen LogP contribution in [0.5, 0.6) is 11.5 Å². The Hall–Kier alpha value is -2.00. The molecule has 4 rings (SSSR count). The van der Waals surface area contributed by atoms with Crippen LogP contribution in [0.3, 0.4) is 0 Å². The Morgan fingerprint density at radius 2 is 2.13 bits per heavy atom. The van der Waals surface area contributed by atoms with Crippen molar-refractivity contribution in [1.29, 1.82) is 0 Å². The summed E-state index contributed by atoms with van der Waals surface area (Å²) in [7, 11) is 2.20. The molecule has 0 bridgehead atoms. The summed E-state index contributed by atoms with van der Waals surface area (Å²) in [4.78, 5) is 2.44. The van der Waals surface area contributed by atoms with Crippen molar-refractivity contribution >= 4 is 0 Å². The van der Waals surface area contributed by atoms with Gasteiger partial charge in [-0.2, -0.15) is 0 Å². The third kappa shape index (κ3) is 2.31. The van der Waals surface area contributed by atoms with Crippen LogP contribution in [0.4, 0.5) is 0 Å². The number of likely N-dealkylation sites (N-methyl/N-ethyl adjacent to an activating group) is 1. The molecule has 0 radical (unpaired) electrons. The Balaban J connectivity index is 1.93. The first kappa shape index (κ1) is 14.6. The molecule has 3 heteroatoms. The minimum absolute atomic E-state index is 0.379. The molecule has 1 aliphatic heterocycles. The van der Waals surface area contributed by atoms with Gasteiger partial charge >= 0.3 is 0 Å². The Morgan fingerprint density at radius 1 is 1.26 bits per heavy atom. The van der Waals surface area contributed by atoms with Gasteiger partial charge in [-0.1, -0.05) is 19.1 Å². The number of rotatable bonds is 3. The predicted molar refractivity (Wildman–Crippen MR) is 92.1 cm³/mol. The lowest BCUT2D eigenvalue weighted by Crippen LogP contribution is -2.35. The van der Waals surface area contributed by atoms with Crippen molar-refractivity contribution in [2.45, 2.75) is 32.2 Å². The highest BCUT2D eigenvalue weighted by molar-refractivity contribution is 5.81. The molecular weight excluding hydrogens is 286 g/mol. The second-order valence-electron chi connectivity index (χ2n) is 6.65. The quantitative estimate of drug-likeness (QED) is 0.932. The van der Waals surface area contributed by atoms with Gasteiger partial charge in [0.15, 0.2) is 0 Å². The van der Waals surface area contributed by atoms with Gasteiger partial charge in [0.2, 0.25) is 0 Å². The van der Waals surface area contributed by atoms with Crippen molar-refractivity contribution < 1.29 is 9.84 Å². The fourth-order valence-electron chi connectivity index (χ4n) is 4.00. The molecule has 1 aliphatic carbocycles. The maximum atomic E-state index is 10.4. The zero-order valence-electron chi connectivity index (χ0n) is 13.8. The zero-order valence-corrected chi connectivity index (χ0v) is 13.8. The molecule has 0 spiro atoms. The first-order valence-corrected chi connectivity index (χ1v) is 8.50. The van der Waals surface area contributed by atoms with Crippen molar-refractivity contribution in [2.75, 3.05) is 20.2 Å². The van der Waals surface area contributed by atoms with Crippen LogP contribution in [-0.2, 0) is 12.8 Å². The lowest BCUT2D eigenvalue weighted by molar-refractivity contribution is 0.227. The monoisotopic (exact) mass is 309 g/mol. The molecule has 1 N–H and O–H groups in total. The van der Waals surface area contributed by atoms with Gasteiger partial charge in [0.05, 0.1) is 6.61 Å². The van der Waals surface area contributed by atoms with Crippen molar-refractivity contribution in [3.8, 4) is 22.6 Å². The first-order valence-electron chi connectivity index (χ1n) is 8.50. The van der Waals surface area contributed by atoms with Crippen LogP contribution in [0.2, 0.25) is 0 Å². The van der Waals surface area contributed by atoms with E-state index in [0.29, 0.717) is 11.8 Å². The minimum Gasteiger partial charge on any atom is -0.507 e. The number of hydrogen-bond acceptors (Lipinski definition) is 3. The average Bonchev–Trinajstić information content (AvgIpc) is 2.56. The van der Waals surface area contributed by atoms with Crippen molar-refractivity contribution in [1.82, 2.24) is 4.90 Å². The van der Waals surface area contributed by atoms with E-state index in [1.807, 2.05) is 6.07 Å². The van der Waals surface area contributed by atoms with Crippen LogP contribution in [-0.4, -0.2) is 30.2 Å². The van der Waals surface area contributed by atoms with Gasteiger partial charge < -0.3 is 9.84 Å². The van der Waals surface area contributed by atoms with Gasteiger partial charge in [-0.05, 0) is 66.8 Å². The van der Waals surface area contributed by atoms with E-state index in [2.05, 4.69) is 37.1 Å². The molecule has 2 aliphatic rings. The predicted octanol–water partition coefficient (Wildman–Crippen LogP) is 3.93. The van der Waals surface area contributed by atoms with Crippen LogP contribution in [0.1, 0.15) is 36.1 Å². The molecule has 0 unspecified atom stereocenters. The number of nitrogens with zero attached hydrogens (tertiary/aromatic N) is 1. The molecule has 1 heterocycles. The molecule has 0 saturated carbocycles. The summed E-state index contributed by atoms with van der Waals surface area (Å²) >= 11 is 0. The van der Waals surface area contributed by atoms with Gasteiger partial charge in [0.25, 0.3) is 0 Å². The number of ether oxygens (including phenoxy) is 1. The van der Waals surface area contributed by atoms with Crippen LogP contribution in [0.25, 0.3) is 11.1 Å².